The molecular formula is C22H13Cl2F2N3O2S. The quantitative estimate of drug-likeness (QED) is 0.287. The molecule has 0 bridgehead atoms. The first-order valence-corrected chi connectivity index (χ1v) is 10.9. The van der Waals surface area contributed by atoms with Gasteiger partial charge in [-0.05, 0) is 42.5 Å². The molecule has 0 radical (unpaired) electrons. The first-order chi connectivity index (χ1) is 15.3. The number of para-hydroxylation sites is 1. The molecule has 1 heterocycles. The number of nitrogens with one attached hydrogen (secondary N) is 1. The number of halogens is 4. The topological polar surface area (TPSA) is 64.0 Å². The number of benzene rings is 3. The number of aromatic nitrogens is 2. The summed E-state index contributed by atoms with van der Waals surface area (Å²) in [5.41, 5.74) is 0.0900. The van der Waals surface area contributed by atoms with Gasteiger partial charge in [0.2, 0.25) is 5.91 Å². The van der Waals surface area contributed by atoms with Crippen LogP contribution in [0.4, 0.5) is 14.5 Å². The molecule has 0 aliphatic carbocycles. The Kier molecular flexibility index (Phi) is 6.45. The molecule has 1 aromatic heterocycles. The fourth-order valence-electron chi connectivity index (χ4n) is 3.04. The van der Waals surface area contributed by atoms with E-state index < -0.39 is 23.1 Å². The lowest BCUT2D eigenvalue weighted by Crippen LogP contribution is -2.23. The largest absolute Gasteiger partial charge is 0.325 e. The molecule has 0 aliphatic rings. The van der Waals surface area contributed by atoms with Crippen LogP contribution in [0.5, 0.6) is 0 Å². The van der Waals surface area contributed by atoms with Crippen molar-refractivity contribution in [2.45, 2.75) is 5.16 Å². The Hall–Kier alpha value is -2.94. The van der Waals surface area contributed by atoms with Crippen molar-refractivity contribution in [3.05, 3.63) is 92.7 Å². The van der Waals surface area contributed by atoms with Crippen LogP contribution in [0, 0.1) is 11.6 Å². The van der Waals surface area contributed by atoms with E-state index in [1.54, 1.807) is 24.3 Å². The van der Waals surface area contributed by atoms with E-state index >= 15 is 0 Å². The lowest BCUT2D eigenvalue weighted by atomic mass is 10.2. The number of thioether (sulfide) groups is 1. The number of carbonyl (C=O) groups excluding carboxylic acids is 1. The number of rotatable bonds is 5. The second-order valence-electron chi connectivity index (χ2n) is 6.64. The molecule has 4 rings (SSSR count). The van der Waals surface area contributed by atoms with Gasteiger partial charge in [0.05, 0.1) is 22.3 Å². The van der Waals surface area contributed by atoms with Gasteiger partial charge < -0.3 is 5.32 Å². The maximum absolute atomic E-state index is 14.5. The van der Waals surface area contributed by atoms with Gasteiger partial charge in [-0.25, -0.2) is 13.8 Å². The molecular weight excluding hydrogens is 479 g/mol. The van der Waals surface area contributed by atoms with Gasteiger partial charge in [-0.2, -0.15) is 0 Å². The highest BCUT2D eigenvalue weighted by Gasteiger charge is 2.18. The smallest absolute Gasteiger partial charge is 0.266 e. The highest BCUT2D eigenvalue weighted by molar-refractivity contribution is 7.99. The van der Waals surface area contributed by atoms with Gasteiger partial charge in [0.25, 0.3) is 5.56 Å². The predicted molar refractivity (Wildman–Crippen MR) is 123 cm³/mol. The number of hydrogen-bond donors (Lipinski definition) is 1. The standard InChI is InChI=1S/C22H13Cl2F2N3O2S/c23-12-7-13(24)9-15(8-12)27-20(30)11-32-22-28-18-4-2-1-3-16(18)21(31)29(22)19-6-5-14(25)10-17(19)26/h1-10H,11H2,(H,27,30). The van der Waals surface area contributed by atoms with E-state index in [9.17, 15) is 18.4 Å². The summed E-state index contributed by atoms with van der Waals surface area (Å²) in [6.07, 6.45) is 0. The molecule has 0 atom stereocenters. The van der Waals surface area contributed by atoms with Crippen molar-refractivity contribution in [1.29, 1.82) is 0 Å². The molecule has 10 heteroatoms. The van der Waals surface area contributed by atoms with E-state index in [1.807, 2.05) is 0 Å². The van der Waals surface area contributed by atoms with Crippen molar-refractivity contribution < 1.29 is 13.6 Å². The minimum absolute atomic E-state index is 0.0819. The van der Waals surface area contributed by atoms with Crippen LogP contribution in [-0.4, -0.2) is 21.2 Å². The first kappa shape index (κ1) is 22.3. The zero-order chi connectivity index (χ0) is 22.8. The molecule has 4 aromatic rings. The van der Waals surface area contributed by atoms with Crippen LogP contribution in [0.2, 0.25) is 10.0 Å². The summed E-state index contributed by atoms with van der Waals surface area (Å²) in [4.78, 5) is 30.0. The third-order valence-electron chi connectivity index (χ3n) is 4.37. The Morgan fingerprint density at radius 1 is 1.03 bits per heavy atom. The third-order valence-corrected chi connectivity index (χ3v) is 5.75. The molecule has 5 nitrogen and oxygen atoms in total. The van der Waals surface area contributed by atoms with Crippen LogP contribution in [0.1, 0.15) is 0 Å². The van der Waals surface area contributed by atoms with E-state index in [2.05, 4.69) is 10.3 Å². The fourth-order valence-corrected chi connectivity index (χ4v) is 4.37. The zero-order valence-electron chi connectivity index (χ0n) is 16.1. The van der Waals surface area contributed by atoms with Gasteiger partial charge in [-0.1, -0.05) is 47.1 Å². The van der Waals surface area contributed by atoms with Crippen molar-refractivity contribution >= 4 is 57.5 Å². The van der Waals surface area contributed by atoms with Crippen LogP contribution in [0.15, 0.2) is 70.6 Å². The van der Waals surface area contributed by atoms with Crippen molar-refractivity contribution in [2.24, 2.45) is 0 Å². The Balaban J connectivity index is 1.69. The number of hydrogen-bond acceptors (Lipinski definition) is 4. The maximum atomic E-state index is 14.5. The first-order valence-electron chi connectivity index (χ1n) is 9.18. The summed E-state index contributed by atoms with van der Waals surface area (Å²) in [6.45, 7) is 0. The number of nitrogens with zero attached hydrogens (tertiary/aromatic N) is 2. The van der Waals surface area contributed by atoms with Gasteiger partial charge in [-0.15, -0.1) is 0 Å². The van der Waals surface area contributed by atoms with Gasteiger partial charge in [0.15, 0.2) is 5.16 Å². The van der Waals surface area contributed by atoms with E-state index in [-0.39, 0.29) is 22.0 Å². The number of anilines is 1. The molecule has 0 saturated carbocycles. The predicted octanol–water partition coefficient (Wildman–Crippen LogP) is 5.70. The second kappa shape index (κ2) is 9.28. The molecule has 1 amide bonds. The van der Waals surface area contributed by atoms with Crippen LogP contribution < -0.4 is 10.9 Å². The summed E-state index contributed by atoms with van der Waals surface area (Å²) in [5, 5.41) is 3.72. The molecule has 162 valence electrons. The lowest BCUT2D eigenvalue weighted by Gasteiger charge is -2.14. The third kappa shape index (κ3) is 4.77. The molecule has 32 heavy (non-hydrogen) atoms. The minimum atomic E-state index is -0.927. The van der Waals surface area contributed by atoms with Crippen molar-refractivity contribution in [3.63, 3.8) is 0 Å². The van der Waals surface area contributed by atoms with Crippen LogP contribution >= 0.6 is 35.0 Å². The van der Waals surface area contributed by atoms with E-state index in [0.717, 1.165) is 28.5 Å². The summed E-state index contributed by atoms with van der Waals surface area (Å²) in [6, 6.07) is 14.1. The minimum Gasteiger partial charge on any atom is -0.325 e. The summed E-state index contributed by atoms with van der Waals surface area (Å²) < 4.78 is 29.0. The monoisotopic (exact) mass is 491 g/mol. The molecule has 0 saturated heterocycles. The van der Waals surface area contributed by atoms with Crippen LogP contribution in [0.25, 0.3) is 16.6 Å². The summed E-state index contributed by atoms with van der Waals surface area (Å²) >= 11 is 12.8. The van der Waals surface area contributed by atoms with Crippen LogP contribution in [0.3, 0.4) is 0 Å². The van der Waals surface area contributed by atoms with Crippen molar-refractivity contribution in [1.82, 2.24) is 9.55 Å². The molecule has 0 unspecified atom stereocenters. The highest BCUT2D eigenvalue weighted by Crippen LogP contribution is 2.25. The number of fused-ring (bicyclic) bond motifs is 1. The Morgan fingerprint density at radius 3 is 2.47 bits per heavy atom. The fraction of sp³-hybridized carbons (Fsp3) is 0.0455. The summed E-state index contributed by atoms with van der Waals surface area (Å²) in [5.74, 6) is -2.26. The normalized spacial score (nSPS) is 11.0. The van der Waals surface area contributed by atoms with E-state index in [0.29, 0.717) is 27.3 Å². The average molecular weight is 492 g/mol. The molecule has 3 aromatic carbocycles. The van der Waals surface area contributed by atoms with E-state index in [1.165, 1.54) is 18.2 Å². The van der Waals surface area contributed by atoms with Crippen molar-refractivity contribution in [2.75, 3.05) is 11.1 Å². The van der Waals surface area contributed by atoms with Gasteiger partial charge in [0, 0.05) is 21.8 Å². The Bertz CT molecular complexity index is 1390. The summed E-state index contributed by atoms with van der Waals surface area (Å²) in [7, 11) is 0. The maximum Gasteiger partial charge on any atom is 0.266 e. The number of carbonyl (C=O) groups is 1. The molecule has 0 fully saturated rings. The van der Waals surface area contributed by atoms with Crippen molar-refractivity contribution in [3.8, 4) is 5.69 Å². The Labute approximate surface area is 195 Å². The number of amides is 1. The molecule has 0 aliphatic heterocycles. The second-order valence-corrected chi connectivity index (χ2v) is 8.46. The van der Waals surface area contributed by atoms with Gasteiger partial charge in [0.1, 0.15) is 11.6 Å². The highest BCUT2D eigenvalue weighted by atomic mass is 35.5. The zero-order valence-corrected chi connectivity index (χ0v) is 18.4. The average Bonchev–Trinajstić information content (AvgIpc) is 2.72. The Morgan fingerprint density at radius 2 is 1.75 bits per heavy atom. The molecule has 0 spiro atoms. The SMILES string of the molecule is O=C(CSc1nc2ccccc2c(=O)n1-c1ccc(F)cc1F)Nc1cc(Cl)cc(Cl)c1. The molecule has 1 N–H and O–H groups in total. The van der Waals surface area contributed by atoms with Crippen LogP contribution in [-0.2, 0) is 4.79 Å². The van der Waals surface area contributed by atoms with Gasteiger partial charge >= 0.3 is 0 Å². The van der Waals surface area contributed by atoms with E-state index in [4.69, 9.17) is 23.2 Å². The van der Waals surface area contributed by atoms with Gasteiger partial charge in [-0.3, -0.25) is 14.2 Å². The lowest BCUT2D eigenvalue weighted by molar-refractivity contribution is -0.113.